The number of aliphatic carboxylic acids is 1. The summed E-state index contributed by atoms with van der Waals surface area (Å²) in [5, 5.41) is 61.0. The summed E-state index contributed by atoms with van der Waals surface area (Å²) in [6.07, 6.45) is -8.59. The molecule has 0 aromatic carbocycles. The van der Waals surface area contributed by atoms with Gasteiger partial charge in [-0.15, -0.1) is 23.2 Å². The first-order chi connectivity index (χ1) is 24.7. The number of hydrogen-bond acceptors (Lipinski definition) is 13. The van der Waals surface area contributed by atoms with E-state index in [0.717, 1.165) is 0 Å². The Bertz CT molecular complexity index is 1460. The molecule has 1 aliphatic carbocycles. The standard InChI is InChI=1S/C31H45Cl3N6O13/c1-11(2)23-21(28(47)38-16(10-32)26(45)37-15(30(49)50)8-13-19(53-23)9-18(42)22(13)43)40-27(46)20(17(41)5-4-6-35)39-25(44)14(7-12(3)24(33)34)36-29(48)31(51)52/h10-12,14-15,17-18,20-21,23-24,31,41-42,51-52H,4-9,35H2,1-3H3,(H,36,48)(H,37,45)(H,38,47)(H,39,44)(H,40,46)(H,49,50)/b16-10+/t12-,14-,15-,17+,18+,20-,21-,23-/m0/s1. The summed E-state index contributed by atoms with van der Waals surface area (Å²) in [4.78, 5) is 90.5. The average Bonchev–Trinajstić information content (AvgIpc) is 3.34. The molecule has 0 saturated heterocycles. The number of Topliss-reactive ketones (excluding diaryl/α,β-unsaturated/α-hetero) is 1. The largest absolute Gasteiger partial charge is 0.491 e. The normalized spacial score (nSPS) is 24.3. The molecule has 5 amide bonds. The SMILES string of the molecule is CC(C)[C@@H]1OC2=C(C[C@@H](C(=O)O)NC(=O)/C(=C\Cl)NC(=O)[C@H]1NC(=O)[C@@H](NC(=O)[C@H](C[C@H](C)C(Cl)Cl)NC(=O)C(O)O)[C@H](O)CCCN)C(=O)[C@H](O)C2. The van der Waals surface area contributed by atoms with Crippen molar-refractivity contribution in [3.63, 3.8) is 0 Å². The van der Waals surface area contributed by atoms with E-state index in [0.29, 0.717) is 5.54 Å². The molecule has 1 aliphatic heterocycles. The Morgan fingerprint density at radius 1 is 1.02 bits per heavy atom. The van der Waals surface area contributed by atoms with Crippen molar-refractivity contribution in [3.8, 4) is 0 Å². The van der Waals surface area contributed by atoms with Crippen LogP contribution in [0.5, 0.6) is 0 Å². The summed E-state index contributed by atoms with van der Waals surface area (Å²) in [6, 6.07) is -6.97. The maximum absolute atomic E-state index is 14.0. The molecule has 53 heavy (non-hydrogen) atoms. The molecule has 2 rings (SSSR count). The van der Waals surface area contributed by atoms with E-state index < -0.39 is 125 Å². The van der Waals surface area contributed by atoms with Gasteiger partial charge in [0, 0.05) is 23.9 Å². The smallest absolute Gasteiger partial charge is 0.326 e. The first-order valence-electron chi connectivity index (χ1n) is 16.4. The fraction of sp³-hybridized carbons (Fsp3) is 0.645. The first kappa shape index (κ1) is 45.6. The van der Waals surface area contributed by atoms with Crippen LogP contribution in [0.1, 0.15) is 52.9 Å². The van der Waals surface area contributed by atoms with E-state index >= 15 is 0 Å². The Morgan fingerprint density at radius 2 is 1.66 bits per heavy atom. The molecule has 0 unspecified atom stereocenters. The number of nitrogens with two attached hydrogens (primary N) is 1. The van der Waals surface area contributed by atoms with Gasteiger partial charge in [0.15, 0.2) is 5.78 Å². The minimum absolute atomic E-state index is 0.0609. The van der Waals surface area contributed by atoms with Crippen molar-refractivity contribution < 1.29 is 63.8 Å². The molecule has 0 fully saturated rings. The predicted octanol–water partition coefficient (Wildman–Crippen LogP) is -2.52. The van der Waals surface area contributed by atoms with Gasteiger partial charge in [-0.05, 0) is 37.6 Å². The maximum Gasteiger partial charge on any atom is 0.326 e. The molecule has 0 aromatic heterocycles. The summed E-state index contributed by atoms with van der Waals surface area (Å²) < 4.78 is 6.09. The van der Waals surface area contributed by atoms with Crippen LogP contribution in [0.3, 0.4) is 0 Å². The molecule has 8 atom stereocenters. The van der Waals surface area contributed by atoms with Gasteiger partial charge >= 0.3 is 5.97 Å². The van der Waals surface area contributed by atoms with Gasteiger partial charge in [0.2, 0.25) is 18.1 Å². The fourth-order valence-electron chi connectivity index (χ4n) is 5.38. The molecule has 19 nitrogen and oxygen atoms in total. The number of carboxylic acid groups (broad SMARTS) is 1. The van der Waals surface area contributed by atoms with Crippen molar-refractivity contribution >= 4 is 76.1 Å². The molecule has 0 aromatic rings. The summed E-state index contributed by atoms with van der Waals surface area (Å²) in [7, 11) is 0. The number of halogens is 3. The summed E-state index contributed by atoms with van der Waals surface area (Å²) in [5.74, 6) is -10.0. The maximum atomic E-state index is 14.0. The molecule has 0 bridgehead atoms. The van der Waals surface area contributed by atoms with Crippen LogP contribution in [0, 0.1) is 11.8 Å². The monoisotopic (exact) mass is 814 g/mol. The van der Waals surface area contributed by atoms with E-state index in [9.17, 15) is 59.1 Å². The Labute approximate surface area is 319 Å². The molecule has 298 valence electrons. The number of hydrogen-bond donors (Lipinski definition) is 11. The van der Waals surface area contributed by atoms with Crippen LogP contribution in [0.25, 0.3) is 0 Å². The number of aliphatic hydroxyl groups is 4. The second kappa shape index (κ2) is 20.8. The van der Waals surface area contributed by atoms with E-state index in [4.69, 9.17) is 45.3 Å². The molecule has 0 saturated carbocycles. The van der Waals surface area contributed by atoms with E-state index in [1.165, 1.54) is 6.92 Å². The number of ketones is 1. The second-order valence-electron chi connectivity index (χ2n) is 12.8. The molecular weight excluding hydrogens is 771 g/mol. The van der Waals surface area contributed by atoms with Gasteiger partial charge in [0.05, 0.1) is 6.10 Å². The van der Waals surface area contributed by atoms with Crippen LogP contribution in [0.2, 0.25) is 0 Å². The van der Waals surface area contributed by atoms with Crippen molar-refractivity contribution in [1.29, 1.82) is 0 Å². The molecule has 12 N–H and O–H groups in total. The number of carbonyl (C=O) groups excluding carboxylic acids is 6. The zero-order valence-electron chi connectivity index (χ0n) is 28.9. The number of aliphatic hydroxyl groups excluding tert-OH is 3. The van der Waals surface area contributed by atoms with Crippen molar-refractivity contribution in [2.45, 2.75) is 106 Å². The van der Waals surface area contributed by atoms with Gasteiger partial charge in [-0.25, -0.2) is 4.79 Å². The van der Waals surface area contributed by atoms with Gasteiger partial charge in [-0.3, -0.25) is 28.8 Å². The molecular formula is C31H45Cl3N6O13. The molecule has 2 aliphatic rings. The van der Waals surface area contributed by atoms with Crippen LogP contribution in [0.4, 0.5) is 0 Å². The lowest BCUT2D eigenvalue weighted by molar-refractivity contribution is -0.150. The minimum Gasteiger partial charge on any atom is -0.491 e. The molecule has 22 heteroatoms. The Balaban J connectivity index is 2.64. The Hall–Kier alpha value is -3.56. The third kappa shape index (κ3) is 12.8. The number of alkyl halides is 2. The lowest BCUT2D eigenvalue weighted by atomic mass is 9.96. The van der Waals surface area contributed by atoms with Crippen LogP contribution in [-0.4, -0.2) is 127 Å². The van der Waals surface area contributed by atoms with E-state index in [2.05, 4.69) is 26.6 Å². The number of rotatable bonds is 15. The lowest BCUT2D eigenvalue weighted by Gasteiger charge is -2.34. The molecule has 1 heterocycles. The predicted molar refractivity (Wildman–Crippen MR) is 186 cm³/mol. The van der Waals surface area contributed by atoms with Crippen LogP contribution in [0.15, 0.2) is 22.6 Å². The Kier molecular flexibility index (Phi) is 17.9. The van der Waals surface area contributed by atoms with E-state index in [1.54, 1.807) is 13.8 Å². The van der Waals surface area contributed by atoms with Gasteiger partial charge in [-0.1, -0.05) is 32.4 Å². The van der Waals surface area contributed by atoms with Gasteiger partial charge in [0.1, 0.15) is 52.7 Å². The average molecular weight is 816 g/mol. The number of carbonyl (C=O) groups is 7. The lowest BCUT2D eigenvalue weighted by Crippen LogP contribution is -2.63. The minimum atomic E-state index is -2.53. The summed E-state index contributed by atoms with van der Waals surface area (Å²) >= 11 is 17.7. The molecule has 0 radical (unpaired) electrons. The van der Waals surface area contributed by atoms with Crippen LogP contribution < -0.4 is 32.3 Å². The number of ether oxygens (including phenoxy) is 1. The topological polar surface area (TPSA) is 316 Å². The Morgan fingerprint density at radius 3 is 2.19 bits per heavy atom. The van der Waals surface area contributed by atoms with Crippen LogP contribution in [-0.2, 0) is 38.3 Å². The van der Waals surface area contributed by atoms with Gasteiger partial charge in [-0.2, -0.15) is 0 Å². The highest BCUT2D eigenvalue weighted by Crippen LogP contribution is 2.31. The zero-order valence-corrected chi connectivity index (χ0v) is 31.2. The molecule has 0 spiro atoms. The fourth-order valence-corrected chi connectivity index (χ4v) is 5.74. The third-order valence-corrected chi connectivity index (χ3v) is 9.44. The number of carboxylic acids is 1. The second-order valence-corrected chi connectivity index (χ2v) is 14.2. The summed E-state index contributed by atoms with van der Waals surface area (Å²) in [6.45, 7) is 4.69. The first-order valence-corrected chi connectivity index (χ1v) is 17.7. The highest BCUT2D eigenvalue weighted by molar-refractivity contribution is 6.44. The van der Waals surface area contributed by atoms with Crippen molar-refractivity contribution in [2.75, 3.05) is 6.54 Å². The van der Waals surface area contributed by atoms with Crippen LogP contribution >= 0.6 is 34.8 Å². The van der Waals surface area contributed by atoms with E-state index in [1.807, 2.05) is 0 Å². The number of amides is 5. The van der Waals surface area contributed by atoms with Gasteiger partial charge < -0.3 is 62.6 Å². The highest BCUT2D eigenvalue weighted by Gasteiger charge is 2.43. The third-order valence-electron chi connectivity index (χ3n) is 8.36. The number of nitrogens with one attached hydrogen (secondary N) is 5. The quantitative estimate of drug-likeness (QED) is 0.0462. The van der Waals surface area contributed by atoms with Gasteiger partial charge in [0.25, 0.3) is 17.7 Å². The van der Waals surface area contributed by atoms with Crippen molar-refractivity contribution in [3.05, 3.63) is 22.6 Å². The van der Waals surface area contributed by atoms with E-state index in [-0.39, 0.29) is 37.1 Å². The van der Waals surface area contributed by atoms with Crippen molar-refractivity contribution in [1.82, 2.24) is 26.6 Å². The zero-order chi connectivity index (χ0) is 40.3. The van der Waals surface area contributed by atoms with Crippen molar-refractivity contribution in [2.24, 2.45) is 17.6 Å². The highest BCUT2D eigenvalue weighted by atomic mass is 35.5. The summed E-state index contributed by atoms with van der Waals surface area (Å²) in [5.41, 5.74) is 5.26.